The molecule has 134 valence electrons. The molecule has 2 atom stereocenters. The summed E-state index contributed by atoms with van der Waals surface area (Å²) in [5, 5.41) is 4.36. The molecule has 2 unspecified atom stereocenters. The van der Waals surface area contributed by atoms with Gasteiger partial charge in [0.05, 0.1) is 18.4 Å². The maximum atomic E-state index is 13.0. The Morgan fingerprint density at radius 3 is 3.00 bits per heavy atom. The SMILES string of the molecule is CCOC(=O)C1(C2c3cc(Cl)ccc3OC(=O)N2C)CCC/C1=N\N. The lowest BCUT2D eigenvalue weighted by Crippen LogP contribution is -2.52. The summed E-state index contributed by atoms with van der Waals surface area (Å²) in [6.07, 6.45) is 1.23. The number of carbonyl (C=O) groups is 2. The first-order chi connectivity index (χ1) is 12.0. The number of amides is 1. The van der Waals surface area contributed by atoms with E-state index in [9.17, 15) is 9.59 Å². The Morgan fingerprint density at radius 1 is 1.56 bits per heavy atom. The minimum atomic E-state index is -1.14. The number of nitrogens with zero attached hydrogens (tertiary/aromatic N) is 2. The van der Waals surface area contributed by atoms with E-state index in [0.717, 1.165) is 6.42 Å². The lowest BCUT2D eigenvalue weighted by atomic mass is 9.73. The zero-order valence-electron chi connectivity index (χ0n) is 14.1. The van der Waals surface area contributed by atoms with Gasteiger partial charge >= 0.3 is 12.1 Å². The molecule has 1 heterocycles. The fourth-order valence-electron chi connectivity index (χ4n) is 3.87. The Hall–Kier alpha value is -2.28. The van der Waals surface area contributed by atoms with Crippen molar-refractivity contribution in [2.45, 2.75) is 32.2 Å². The van der Waals surface area contributed by atoms with Gasteiger partial charge in [-0.05, 0) is 44.4 Å². The molecule has 8 heteroatoms. The molecule has 1 aromatic carbocycles. The van der Waals surface area contributed by atoms with Gasteiger partial charge in [-0.1, -0.05) is 11.6 Å². The molecule has 1 aliphatic carbocycles. The third-order valence-corrected chi connectivity index (χ3v) is 5.14. The molecule has 1 aliphatic heterocycles. The maximum Gasteiger partial charge on any atom is 0.415 e. The molecule has 7 nitrogen and oxygen atoms in total. The quantitative estimate of drug-likeness (QED) is 0.505. The number of ether oxygens (including phenoxy) is 2. The second-order valence-corrected chi connectivity index (χ2v) is 6.62. The first kappa shape index (κ1) is 17.5. The molecule has 1 amide bonds. The fraction of sp³-hybridized carbons (Fsp3) is 0.471. The summed E-state index contributed by atoms with van der Waals surface area (Å²) in [5.74, 6) is 5.54. The Bertz CT molecular complexity index is 751. The van der Waals surface area contributed by atoms with Crippen LogP contribution >= 0.6 is 11.6 Å². The van der Waals surface area contributed by atoms with Crippen LogP contribution < -0.4 is 10.6 Å². The van der Waals surface area contributed by atoms with Gasteiger partial charge in [0.2, 0.25) is 0 Å². The van der Waals surface area contributed by atoms with Crippen molar-refractivity contribution in [1.82, 2.24) is 4.90 Å². The highest BCUT2D eigenvalue weighted by atomic mass is 35.5. The molecule has 0 aromatic heterocycles. The largest absolute Gasteiger partial charge is 0.465 e. The number of esters is 1. The first-order valence-corrected chi connectivity index (χ1v) is 8.52. The molecule has 0 spiro atoms. The van der Waals surface area contributed by atoms with Gasteiger partial charge in [0, 0.05) is 17.6 Å². The Labute approximate surface area is 150 Å². The van der Waals surface area contributed by atoms with E-state index in [-0.39, 0.29) is 6.61 Å². The van der Waals surface area contributed by atoms with E-state index in [1.807, 2.05) is 0 Å². The van der Waals surface area contributed by atoms with Crippen LogP contribution in [-0.4, -0.2) is 36.3 Å². The van der Waals surface area contributed by atoms with Crippen LogP contribution in [0.15, 0.2) is 23.3 Å². The van der Waals surface area contributed by atoms with Crippen molar-refractivity contribution in [3.63, 3.8) is 0 Å². The normalized spacial score (nSPS) is 27.2. The van der Waals surface area contributed by atoms with Crippen molar-refractivity contribution in [3.8, 4) is 5.75 Å². The van der Waals surface area contributed by atoms with Crippen LogP contribution in [0.1, 0.15) is 37.8 Å². The molecule has 1 fully saturated rings. The van der Waals surface area contributed by atoms with Crippen molar-refractivity contribution in [2.24, 2.45) is 16.4 Å². The number of nitrogens with two attached hydrogens (primary N) is 1. The van der Waals surface area contributed by atoms with Crippen LogP contribution in [0.25, 0.3) is 0 Å². The van der Waals surface area contributed by atoms with E-state index in [4.69, 9.17) is 26.9 Å². The number of hydrazone groups is 1. The van der Waals surface area contributed by atoms with Crippen LogP contribution in [0.5, 0.6) is 5.75 Å². The molecule has 0 bridgehead atoms. The van der Waals surface area contributed by atoms with Crippen molar-refractivity contribution in [1.29, 1.82) is 0 Å². The summed E-state index contributed by atoms with van der Waals surface area (Å²) >= 11 is 6.16. The van der Waals surface area contributed by atoms with Crippen LogP contribution in [-0.2, 0) is 9.53 Å². The Balaban J connectivity index is 2.23. The van der Waals surface area contributed by atoms with Gasteiger partial charge in [-0.25, -0.2) is 4.79 Å². The van der Waals surface area contributed by atoms with Gasteiger partial charge in [0.1, 0.15) is 11.2 Å². The van der Waals surface area contributed by atoms with Crippen molar-refractivity contribution in [3.05, 3.63) is 28.8 Å². The van der Waals surface area contributed by atoms with Crippen molar-refractivity contribution in [2.75, 3.05) is 13.7 Å². The van der Waals surface area contributed by atoms with Gasteiger partial charge in [-0.2, -0.15) is 5.10 Å². The second kappa shape index (κ2) is 6.55. The molecule has 0 saturated heterocycles. The Morgan fingerprint density at radius 2 is 2.32 bits per heavy atom. The van der Waals surface area contributed by atoms with E-state index in [1.165, 1.54) is 4.90 Å². The first-order valence-electron chi connectivity index (χ1n) is 8.14. The van der Waals surface area contributed by atoms with Gasteiger partial charge < -0.3 is 20.2 Å². The summed E-state index contributed by atoms with van der Waals surface area (Å²) in [6.45, 7) is 1.96. The predicted octanol–water partition coefficient (Wildman–Crippen LogP) is 2.87. The molecule has 0 radical (unpaired) electrons. The topological polar surface area (TPSA) is 94.2 Å². The van der Waals surface area contributed by atoms with E-state index in [1.54, 1.807) is 32.2 Å². The third kappa shape index (κ3) is 2.63. The number of hydrogen-bond donors (Lipinski definition) is 1. The van der Waals surface area contributed by atoms with E-state index in [0.29, 0.717) is 34.9 Å². The lowest BCUT2D eigenvalue weighted by Gasteiger charge is -2.43. The zero-order valence-corrected chi connectivity index (χ0v) is 14.9. The van der Waals surface area contributed by atoms with Crippen LogP contribution in [0.4, 0.5) is 4.79 Å². The molecule has 2 aliphatic rings. The van der Waals surface area contributed by atoms with Crippen LogP contribution in [0.3, 0.4) is 0 Å². The summed E-state index contributed by atoms with van der Waals surface area (Å²) in [6, 6.07) is 4.33. The minimum Gasteiger partial charge on any atom is -0.465 e. The fourth-order valence-corrected chi connectivity index (χ4v) is 4.05. The van der Waals surface area contributed by atoms with E-state index in [2.05, 4.69) is 5.10 Å². The summed E-state index contributed by atoms with van der Waals surface area (Å²) in [4.78, 5) is 26.8. The van der Waals surface area contributed by atoms with Crippen molar-refractivity contribution >= 4 is 29.4 Å². The molecule has 3 rings (SSSR count). The highest BCUT2D eigenvalue weighted by Gasteiger charge is 2.58. The minimum absolute atomic E-state index is 0.224. The molecular formula is C17H20ClN3O4. The number of hydrogen-bond acceptors (Lipinski definition) is 6. The average Bonchev–Trinajstić information content (AvgIpc) is 3.01. The standard InChI is InChI=1S/C17H20ClN3O4/c1-3-24-15(22)17(8-4-5-13(17)20-19)14-11-9-10(18)6-7-12(11)25-16(23)21(14)2/h6-7,9,14H,3-5,8,19H2,1-2H3/b20-13+. The second-order valence-electron chi connectivity index (χ2n) is 6.18. The van der Waals surface area contributed by atoms with E-state index < -0.39 is 23.5 Å². The highest BCUT2D eigenvalue weighted by Crippen LogP contribution is 2.53. The van der Waals surface area contributed by atoms with Crippen LogP contribution in [0.2, 0.25) is 5.02 Å². The van der Waals surface area contributed by atoms with Gasteiger partial charge in [-0.3, -0.25) is 4.79 Å². The summed E-state index contributed by atoms with van der Waals surface area (Å²) in [7, 11) is 1.59. The molecular weight excluding hydrogens is 346 g/mol. The smallest absolute Gasteiger partial charge is 0.415 e. The monoisotopic (exact) mass is 365 g/mol. The maximum absolute atomic E-state index is 13.0. The molecule has 25 heavy (non-hydrogen) atoms. The zero-order chi connectivity index (χ0) is 18.2. The summed E-state index contributed by atoms with van der Waals surface area (Å²) < 4.78 is 10.7. The number of carbonyl (C=O) groups excluding carboxylic acids is 2. The average molecular weight is 366 g/mol. The molecule has 2 N–H and O–H groups in total. The molecule has 1 saturated carbocycles. The van der Waals surface area contributed by atoms with Crippen LogP contribution in [0, 0.1) is 5.41 Å². The van der Waals surface area contributed by atoms with Gasteiger partial charge in [0.25, 0.3) is 0 Å². The number of rotatable bonds is 3. The van der Waals surface area contributed by atoms with Gasteiger partial charge in [-0.15, -0.1) is 0 Å². The van der Waals surface area contributed by atoms with Gasteiger partial charge in [0.15, 0.2) is 0 Å². The predicted molar refractivity (Wildman–Crippen MR) is 92.5 cm³/mol. The number of fused-ring (bicyclic) bond motifs is 1. The number of benzene rings is 1. The van der Waals surface area contributed by atoms with E-state index >= 15 is 0 Å². The summed E-state index contributed by atoms with van der Waals surface area (Å²) in [5.41, 5.74) is 0.0346. The highest BCUT2D eigenvalue weighted by molar-refractivity contribution is 6.30. The molecule has 1 aromatic rings. The third-order valence-electron chi connectivity index (χ3n) is 4.90. The van der Waals surface area contributed by atoms with Crippen molar-refractivity contribution < 1.29 is 19.1 Å². The lowest BCUT2D eigenvalue weighted by molar-refractivity contribution is -0.154. The Kier molecular flexibility index (Phi) is 4.60. The number of halogens is 1.